The van der Waals surface area contributed by atoms with Crippen LogP contribution in [-0.4, -0.2) is 11.8 Å². The van der Waals surface area contributed by atoms with Crippen molar-refractivity contribution in [3.63, 3.8) is 0 Å². The molecule has 1 aromatic carbocycles. The van der Waals surface area contributed by atoms with E-state index in [1.54, 1.807) is 6.92 Å². The molecule has 0 atom stereocenters. The van der Waals surface area contributed by atoms with Crippen LogP contribution >= 0.6 is 0 Å². The Kier molecular flexibility index (Phi) is 4.89. The molecular formula is C17H25N3O. The summed E-state index contributed by atoms with van der Waals surface area (Å²) in [4.78, 5) is 11.7. The van der Waals surface area contributed by atoms with Gasteiger partial charge in [-0.1, -0.05) is 25.3 Å². The lowest BCUT2D eigenvalue weighted by molar-refractivity contribution is -0.111. The number of hydrogen-bond donors (Lipinski definition) is 3. The van der Waals surface area contributed by atoms with E-state index < -0.39 is 0 Å². The van der Waals surface area contributed by atoms with Gasteiger partial charge in [-0.3, -0.25) is 4.79 Å². The van der Waals surface area contributed by atoms with Crippen molar-refractivity contribution in [3.05, 3.63) is 29.5 Å². The van der Waals surface area contributed by atoms with Gasteiger partial charge in [-0.2, -0.15) is 0 Å². The van der Waals surface area contributed by atoms with Crippen molar-refractivity contribution in [2.75, 3.05) is 11.1 Å². The Hall–Kier alpha value is -1.97. The van der Waals surface area contributed by atoms with Gasteiger partial charge in [0.05, 0.1) is 11.4 Å². The van der Waals surface area contributed by atoms with Gasteiger partial charge in [0.25, 0.3) is 0 Å². The number of carbonyl (C=O) groups excluding carboxylic acids is 1. The van der Waals surface area contributed by atoms with Crippen LogP contribution < -0.4 is 16.8 Å². The van der Waals surface area contributed by atoms with Gasteiger partial charge in [0.15, 0.2) is 5.78 Å². The van der Waals surface area contributed by atoms with Crippen molar-refractivity contribution in [3.8, 4) is 0 Å². The Bertz CT molecular complexity index is 553. The molecule has 1 aliphatic rings. The van der Waals surface area contributed by atoms with E-state index in [1.165, 1.54) is 39.0 Å². The van der Waals surface area contributed by atoms with Gasteiger partial charge in [-0.25, -0.2) is 0 Å². The lowest BCUT2D eigenvalue weighted by atomic mass is 9.95. The molecule has 0 unspecified atom stereocenters. The molecule has 114 valence electrons. The van der Waals surface area contributed by atoms with Crippen LogP contribution in [0.5, 0.6) is 0 Å². The number of nitrogens with two attached hydrogens (primary N) is 2. The molecule has 0 bridgehead atoms. The fourth-order valence-electron chi connectivity index (χ4n) is 3.03. The van der Waals surface area contributed by atoms with Crippen LogP contribution in [0.2, 0.25) is 0 Å². The van der Waals surface area contributed by atoms with Crippen LogP contribution in [0.1, 0.15) is 51.5 Å². The quantitative estimate of drug-likeness (QED) is 0.586. The van der Waals surface area contributed by atoms with E-state index in [0.29, 0.717) is 23.0 Å². The Balaban J connectivity index is 2.21. The SMILES string of the molecule is CC(=O)/C(=C(/C)N)c1ccc(NC2CCCCC2)c(N)c1. The van der Waals surface area contributed by atoms with E-state index in [9.17, 15) is 4.79 Å². The van der Waals surface area contributed by atoms with Gasteiger partial charge < -0.3 is 16.8 Å². The number of anilines is 2. The first-order valence-electron chi connectivity index (χ1n) is 7.62. The van der Waals surface area contributed by atoms with Crippen molar-refractivity contribution in [1.82, 2.24) is 0 Å². The smallest absolute Gasteiger partial charge is 0.162 e. The zero-order valence-corrected chi connectivity index (χ0v) is 12.9. The highest BCUT2D eigenvalue weighted by molar-refractivity contribution is 6.20. The number of carbonyl (C=O) groups is 1. The number of hydrogen-bond acceptors (Lipinski definition) is 4. The largest absolute Gasteiger partial charge is 0.402 e. The Labute approximate surface area is 126 Å². The van der Waals surface area contributed by atoms with E-state index in [0.717, 1.165) is 11.3 Å². The molecule has 1 saturated carbocycles. The normalized spacial score (nSPS) is 17.2. The Morgan fingerprint density at radius 2 is 1.86 bits per heavy atom. The molecule has 4 heteroatoms. The molecule has 4 nitrogen and oxygen atoms in total. The summed E-state index contributed by atoms with van der Waals surface area (Å²) in [5.74, 6) is -0.0395. The maximum atomic E-state index is 11.7. The molecule has 2 rings (SSSR count). The highest BCUT2D eigenvalue weighted by atomic mass is 16.1. The summed E-state index contributed by atoms with van der Waals surface area (Å²) in [6.45, 7) is 3.26. The molecule has 0 aromatic heterocycles. The second kappa shape index (κ2) is 6.66. The van der Waals surface area contributed by atoms with Crippen molar-refractivity contribution in [2.45, 2.75) is 52.0 Å². The topological polar surface area (TPSA) is 81.1 Å². The lowest BCUT2D eigenvalue weighted by Crippen LogP contribution is -2.22. The minimum absolute atomic E-state index is 0.0395. The number of Topliss-reactive ketones (excluding diaryl/α,β-unsaturated/α-hetero) is 1. The molecule has 0 heterocycles. The molecule has 0 spiro atoms. The van der Waals surface area contributed by atoms with Gasteiger partial charge in [0.2, 0.25) is 0 Å². The summed E-state index contributed by atoms with van der Waals surface area (Å²) in [7, 11) is 0. The standard InChI is InChI=1S/C17H25N3O/c1-11(18)17(12(2)21)13-8-9-16(15(19)10-13)20-14-6-4-3-5-7-14/h8-10,14,20H,3-7,18-19H2,1-2H3/b17-11+. The second-order valence-corrected chi connectivity index (χ2v) is 5.90. The van der Waals surface area contributed by atoms with Crippen molar-refractivity contribution < 1.29 is 4.79 Å². The molecule has 5 N–H and O–H groups in total. The predicted octanol–water partition coefficient (Wildman–Crippen LogP) is 3.29. The number of nitrogens with one attached hydrogen (secondary N) is 1. The summed E-state index contributed by atoms with van der Waals surface area (Å²) in [6.07, 6.45) is 6.27. The van der Waals surface area contributed by atoms with Gasteiger partial charge in [-0.15, -0.1) is 0 Å². The molecule has 0 radical (unpaired) electrons. The number of rotatable bonds is 4. The van der Waals surface area contributed by atoms with Crippen LogP contribution in [0, 0.1) is 0 Å². The molecular weight excluding hydrogens is 262 g/mol. The fraction of sp³-hybridized carbons (Fsp3) is 0.471. The van der Waals surface area contributed by atoms with E-state index >= 15 is 0 Å². The summed E-state index contributed by atoms with van der Waals surface area (Å²) < 4.78 is 0. The summed E-state index contributed by atoms with van der Waals surface area (Å²) in [6, 6.07) is 6.20. The zero-order chi connectivity index (χ0) is 15.4. The number of nitrogen functional groups attached to an aromatic ring is 1. The minimum atomic E-state index is -0.0395. The predicted molar refractivity (Wildman–Crippen MR) is 88.8 cm³/mol. The molecule has 0 saturated heterocycles. The molecule has 0 aliphatic heterocycles. The monoisotopic (exact) mass is 287 g/mol. The van der Waals surface area contributed by atoms with Crippen molar-refractivity contribution in [2.24, 2.45) is 5.73 Å². The highest BCUT2D eigenvalue weighted by Crippen LogP contribution is 2.28. The van der Waals surface area contributed by atoms with E-state index in [4.69, 9.17) is 11.5 Å². The first kappa shape index (κ1) is 15.4. The van der Waals surface area contributed by atoms with Crippen LogP contribution in [-0.2, 0) is 4.79 Å². The van der Waals surface area contributed by atoms with Gasteiger partial charge >= 0.3 is 0 Å². The lowest BCUT2D eigenvalue weighted by Gasteiger charge is -2.24. The van der Waals surface area contributed by atoms with Crippen molar-refractivity contribution >= 4 is 22.7 Å². The zero-order valence-electron chi connectivity index (χ0n) is 12.9. The van der Waals surface area contributed by atoms with Crippen LogP contribution in [0.15, 0.2) is 23.9 Å². The average molecular weight is 287 g/mol. The van der Waals surface area contributed by atoms with Crippen LogP contribution in [0.4, 0.5) is 11.4 Å². The molecule has 21 heavy (non-hydrogen) atoms. The maximum Gasteiger partial charge on any atom is 0.162 e. The second-order valence-electron chi connectivity index (χ2n) is 5.90. The molecule has 1 aromatic rings. The Morgan fingerprint density at radius 3 is 2.38 bits per heavy atom. The van der Waals surface area contributed by atoms with Crippen molar-refractivity contribution in [1.29, 1.82) is 0 Å². The highest BCUT2D eigenvalue weighted by Gasteiger charge is 2.15. The van der Waals surface area contributed by atoms with E-state index in [2.05, 4.69) is 5.32 Å². The average Bonchev–Trinajstić information content (AvgIpc) is 2.42. The summed E-state index contributed by atoms with van der Waals surface area (Å²) >= 11 is 0. The first-order chi connectivity index (χ1) is 9.99. The third kappa shape index (κ3) is 3.78. The summed E-state index contributed by atoms with van der Waals surface area (Å²) in [5, 5.41) is 3.52. The third-order valence-corrected chi connectivity index (χ3v) is 4.05. The minimum Gasteiger partial charge on any atom is -0.402 e. The first-order valence-corrected chi connectivity index (χ1v) is 7.62. The Morgan fingerprint density at radius 1 is 1.19 bits per heavy atom. The summed E-state index contributed by atoms with van der Waals surface area (Å²) in [5.41, 5.74) is 15.4. The van der Waals surface area contributed by atoms with E-state index in [-0.39, 0.29) is 5.78 Å². The molecule has 1 aliphatic carbocycles. The van der Waals surface area contributed by atoms with Gasteiger partial charge in [-0.05, 0) is 44.4 Å². The molecule has 1 fully saturated rings. The van der Waals surface area contributed by atoms with Crippen LogP contribution in [0.3, 0.4) is 0 Å². The van der Waals surface area contributed by atoms with Gasteiger partial charge in [0, 0.05) is 17.3 Å². The van der Waals surface area contributed by atoms with Gasteiger partial charge in [0.1, 0.15) is 0 Å². The number of ketones is 1. The van der Waals surface area contributed by atoms with E-state index in [1.807, 2.05) is 18.2 Å². The number of allylic oxidation sites excluding steroid dienone is 2. The number of benzene rings is 1. The third-order valence-electron chi connectivity index (χ3n) is 4.05. The molecule has 0 amide bonds. The maximum absolute atomic E-state index is 11.7. The van der Waals surface area contributed by atoms with Crippen LogP contribution in [0.25, 0.3) is 5.57 Å². The fourth-order valence-corrected chi connectivity index (χ4v) is 3.03.